The number of carbonyl (C=O) groups excluding carboxylic acids is 3. The highest BCUT2D eigenvalue weighted by atomic mass is 32.1. The molecule has 1 aromatic carbocycles. The first-order valence-electron chi connectivity index (χ1n) is 7.65. The summed E-state index contributed by atoms with van der Waals surface area (Å²) in [6.07, 6.45) is 1.44. The zero-order valence-electron chi connectivity index (χ0n) is 13.0. The Morgan fingerprint density at radius 3 is 2.54 bits per heavy atom. The molecule has 3 amide bonds. The van der Waals surface area contributed by atoms with Crippen LogP contribution in [0.1, 0.15) is 17.7 Å². The summed E-state index contributed by atoms with van der Waals surface area (Å²) in [6, 6.07) is 10.7. The van der Waals surface area contributed by atoms with Gasteiger partial charge in [-0.15, -0.1) is 11.3 Å². The third-order valence-electron chi connectivity index (χ3n) is 3.72. The van der Waals surface area contributed by atoms with E-state index in [1.165, 1.54) is 11.3 Å². The molecule has 6 nitrogen and oxygen atoms in total. The molecule has 0 unspecified atom stereocenters. The van der Waals surface area contributed by atoms with Crippen molar-refractivity contribution >= 4 is 40.4 Å². The Morgan fingerprint density at radius 1 is 1.12 bits per heavy atom. The summed E-state index contributed by atoms with van der Waals surface area (Å²) in [7, 11) is 0. The predicted octanol–water partition coefficient (Wildman–Crippen LogP) is 2.13. The summed E-state index contributed by atoms with van der Waals surface area (Å²) in [6.45, 7) is 1.05. The van der Waals surface area contributed by atoms with Crippen molar-refractivity contribution in [3.05, 3.63) is 46.7 Å². The summed E-state index contributed by atoms with van der Waals surface area (Å²) in [4.78, 5) is 38.1. The first-order valence-corrected chi connectivity index (χ1v) is 8.53. The summed E-state index contributed by atoms with van der Waals surface area (Å²) >= 11 is 1.52. The molecule has 0 bridgehead atoms. The van der Waals surface area contributed by atoms with Gasteiger partial charge in [0.25, 0.3) is 0 Å². The van der Waals surface area contributed by atoms with Crippen LogP contribution in [-0.4, -0.2) is 24.3 Å². The van der Waals surface area contributed by atoms with Crippen molar-refractivity contribution in [2.24, 2.45) is 0 Å². The zero-order chi connectivity index (χ0) is 16.9. The van der Waals surface area contributed by atoms with E-state index in [4.69, 9.17) is 0 Å². The summed E-state index contributed by atoms with van der Waals surface area (Å²) in [5.74, 6) is -1.28. The molecule has 3 rings (SSSR count). The van der Waals surface area contributed by atoms with Crippen LogP contribution in [0.3, 0.4) is 0 Å². The van der Waals surface area contributed by atoms with Gasteiger partial charge in [-0.3, -0.25) is 14.4 Å². The molecule has 1 aliphatic rings. The van der Waals surface area contributed by atoms with Crippen LogP contribution in [-0.2, 0) is 20.9 Å². The molecule has 1 aliphatic heterocycles. The number of carbonyl (C=O) groups is 3. The minimum atomic E-state index is -0.712. The maximum absolute atomic E-state index is 11.9. The Kier molecular flexibility index (Phi) is 4.90. The fraction of sp³-hybridized carbons (Fsp3) is 0.235. The second-order valence-corrected chi connectivity index (χ2v) is 6.44. The molecule has 0 saturated carbocycles. The quantitative estimate of drug-likeness (QED) is 0.835. The van der Waals surface area contributed by atoms with E-state index in [-0.39, 0.29) is 5.91 Å². The van der Waals surface area contributed by atoms with Crippen molar-refractivity contribution in [3.63, 3.8) is 0 Å². The Labute approximate surface area is 143 Å². The summed E-state index contributed by atoms with van der Waals surface area (Å²) in [5, 5.41) is 7.03. The number of thiophene rings is 1. The van der Waals surface area contributed by atoms with E-state index in [0.29, 0.717) is 18.7 Å². The lowest BCUT2D eigenvalue weighted by atomic mass is 10.2. The second kappa shape index (κ2) is 7.27. The third kappa shape index (κ3) is 3.80. The van der Waals surface area contributed by atoms with E-state index in [0.717, 1.165) is 23.5 Å². The van der Waals surface area contributed by atoms with Crippen LogP contribution in [0.5, 0.6) is 0 Å². The van der Waals surface area contributed by atoms with Crippen LogP contribution in [0.2, 0.25) is 0 Å². The molecule has 2 aromatic rings. The largest absolute Gasteiger partial charge is 0.343 e. The van der Waals surface area contributed by atoms with Crippen LogP contribution < -0.4 is 15.5 Å². The molecular weight excluding hydrogens is 326 g/mol. The molecular formula is C17H17N3O3S. The zero-order valence-corrected chi connectivity index (χ0v) is 13.8. The van der Waals surface area contributed by atoms with Gasteiger partial charge in [-0.25, -0.2) is 0 Å². The van der Waals surface area contributed by atoms with E-state index in [1.807, 2.05) is 17.5 Å². The smallest absolute Gasteiger partial charge is 0.313 e. The Balaban J connectivity index is 1.54. The number of nitrogens with zero attached hydrogens (tertiary/aromatic N) is 1. The number of nitrogens with one attached hydrogen (secondary N) is 2. The van der Waals surface area contributed by atoms with E-state index in [1.54, 1.807) is 29.2 Å². The topological polar surface area (TPSA) is 78.5 Å². The van der Waals surface area contributed by atoms with Crippen LogP contribution in [0.25, 0.3) is 0 Å². The van der Waals surface area contributed by atoms with Crippen LogP contribution >= 0.6 is 11.3 Å². The van der Waals surface area contributed by atoms with Gasteiger partial charge >= 0.3 is 11.8 Å². The number of hydrogen-bond donors (Lipinski definition) is 2. The molecule has 2 N–H and O–H groups in total. The minimum absolute atomic E-state index is 0.111. The molecule has 0 aliphatic carbocycles. The van der Waals surface area contributed by atoms with Gasteiger partial charge in [0.05, 0.1) is 6.54 Å². The standard InChI is InChI=1S/C17H17N3O3S/c21-15-4-1-9-20(15)13-7-5-12(6-8-13)19-17(23)16(22)18-11-14-3-2-10-24-14/h2-3,5-8,10H,1,4,9,11H2,(H,18,22)(H,19,23). The van der Waals surface area contributed by atoms with Gasteiger partial charge < -0.3 is 15.5 Å². The lowest BCUT2D eigenvalue weighted by Crippen LogP contribution is -2.34. The van der Waals surface area contributed by atoms with Crippen molar-refractivity contribution in [2.45, 2.75) is 19.4 Å². The second-order valence-electron chi connectivity index (χ2n) is 5.41. The van der Waals surface area contributed by atoms with E-state index in [2.05, 4.69) is 10.6 Å². The lowest BCUT2D eigenvalue weighted by molar-refractivity contribution is -0.136. The molecule has 124 valence electrons. The lowest BCUT2D eigenvalue weighted by Gasteiger charge is -2.16. The van der Waals surface area contributed by atoms with Crippen molar-refractivity contribution in [1.29, 1.82) is 0 Å². The van der Waals surface area contributed by atoms with Gasteiger partial charge in [0.2, 0.25) is 5.91 Å². The maximum atomic E-state index is 11.9. The maximum Gasteiger partial charge on any atom is 0.313 e. The highest BCUT2D eigenvalue weighted by Crippen LogP contribution is 2.22. The van der Waals surface area contributed by atoms with Gasteiger partial charge in [0.1, 0.15) is 0 Å². The molecule has 2 heterocycles. The highest BCUT2D eigenvalue weighted by Gasteiger charge is 2.21. The highest BCUT2D eigenvalue weighted by molar-refractivity contribution is 7.09. The fourth-order valence-corrected chi connectivity index (χ4v) is 3.14. The average Bonchev–Trinajstić information content (AvgIpc) is 3.25. The van der Waals surface area contributed by atoms with Gasteiger partial charge in [0.15, 0.2) is 0 Å². The van der Waals surface area contributed by atoms with Crippen molar-refractivity contribution < 1.29 is 14.4 Å². The number of anilines is 2. The monoisotopic (exact) mass is 343 g/mol. The predicted molar refractivity (Wildman–Crippen MR) is 92.8 cm³/mol. The number of rotatable bonds is 4. The SMILES string of the molecule is O=C(NCc1cccs1)C(=O)Nc1ccc(N2CCCC2=O)cc1. The molecule has 1 fully saturated rings. The molecule has 1 saturated heterocycles. The van der Waals surface area contributed by atoms with Crippen LogP contribution in [0.15, 0.2) is 41.8 Å². The Morgan fingerprint density at radius 2 is 1.92 bits per heavy atom. The molecule has 0 radical (unpaired) electrons. The van der Waals surface area contributed by atoms with Gasteiger partial charge in [-0.1, -0.05) is 6.07 Å². The third-order valence-corrected chi connectivity index (χ3v) is 4.60. The van der Waals surface area contributed by atoms with Gasteiger partial charge in [-0.2, -0.15) is 0 Å². The Hall–Kier alpha value is -2.67. The molecule has 7 heteroatoms. The summed E-state index contributed by atoms with van der Waals surface area (Å²) in [5.41, 5.74) is 1.32. The van der Waals surface area contributed by atoms with E-state index >= 15 is 0 Å². The molecule has 1 aromatic heterocycles. The van der Waals surface area contributed by atoms with Crippen LogP contribution in [0.4, 0.5) is 11.4 Å². The molecule has 24 heavy (non-hydrogen) atoms. The normalized spacial score (nSPS) is 13.8. The van der Waals surface area contributed by atoms with Crippen LogP contribution in [0, 0.1) is 0 Å². The van der Waals surface area contributed by atoms with Crippen molar-refractivity contribution in [2.75, 3.05) is 16.8 Å². The molecule has 0 atom stereocenters. The van der Waals surface area contributed by atoms with Crippen molar-refractivity contribution in [1.82, 2.24) is 5.32 Å². The molecule has 0 spiro atoms. The number of benzene rings is 1. The Bertz CT molecular complexity index is 741. The fourth-order valence-electron chi connectivity index (χ4n) is 2.49. The number of hydrogen-bond acceptors (Lipinski definition) is 4. The van der Waals surface area contributed by atoms with E-state index in [9.17, 15) is 14.4 Å². The van der Waals surface area contributed by atoms with Crippen molar-refractivity contribution in [3.8, 4) is 0 Å². The van der Waals surface area contributed by atoms with Gasteiger partial charge in [-0.05, 0) is 42.1 Å². The summed E-state index contributed by atoms with van der Waals surface area (Å²) < 4.78 is 0. The first-order chi connectivity index (χ1) is 11.6. The van der Waals surface area contributed by atoms with E-state index < -0.39 is 11.8 Å². The minimum Gasteiger partial charge on any atom is -0.343 e. The number of amides is 3. The van der Waals surface area contributed by atoms with Gasteiger partial charge in [0, 0.05) is 29.2 Å². The first kappa shape index (κ1) is 16.2. The average molecular weight is 343 g/mol.